The highest BCUT2D eigenvalue weighted by molar-refractivity contribution is 5.90. The monoisotopic (exact) mass is 313 g/mol. The Morgan fingerprint density at radius 1 is 1.30 bits per heavy atom. The van der Waals surface area contributed by atoms with E-state index in [1.807, 2.05) is 51.1 Å². The van der Waals surface area contributed by atoms with Gasteiger partial charge in [-0.25, -0.2) is 0 Å². The van der Waals surface area contributed by atoms with Crippen LogP contribution < -0.4 is 11.1 Å². The van der Waals surface area contributed by atoms with Gasteiger partial charge in [0.15, 0.2) is 0 Å². The van der Waals surface area contributed by atoms with Gasteiger partial charge in [-0.15, -0.1) is 10.2 Å². The molecule has 1 aromatic carbocycles. The van der Waals surface area contributed by atoms with Crippen LogP contribution in [-0.2, 0) is 5.54 Å². The molecule has 0 saturated heterocycles. The maximum absolute atomic E-state index is 7.47. The summed E-state index contributed by atoms with van der Waals surface area (Å²) >= 11 is 0. The molecule has 4 N–H and O–H groups in total. The zero-order valence-corrected chi connectivity index (χ0v) is 13.9. The zero-order chi connectivity index (χ0) is 17.0. The van der Waals surface area contributed by atoms with Gasteiger partial charge in [-0.2, -0.15) is 0 Å². The van der Waals surface area contributed by atoms with E-state index in [4.69, 9.17) is 15.6 Å². The van der Waals surface area contributed by atoms with Gasteiger partial charge in [0.25, 0.3) is 0 Å². The lowest BCUT2D eigenvalue weighted by Gasteiger charge is -2.20. The van der Waals surface area contributed by atoms with Crippen LogP contribution in [0.3, 0.4) is 0 Å². The minimum atomic E-state index is -0.845. The lowest BCUT2D eigenvalue weighted by molar-refractivity contribution is 0.356. The summed E-state index contributed by atoms with van der Waals surface area (Å²) in [7, 11) is 0. The van der Waals surface area contributed by atoms with Crippen LogP contribution in [0.5, 0.6) is 0 Å². The molecule has 0 radical (unpaired) electrons. The third kappa shape index (κ3) is 4.04. The molecule has 6 heteroatoms. The Morgan fingerprint density at radius 2 is 1.96 bits per heavy atom. The number of nitrogens with one attached hydrogen (secondary N) is 2. The maximum atomic E-state index is 7.47. The smallest absolute Gasteiger partial charge is 0.240 e. The van der Waals surface area contributed by atoms with E-state index in [0.29, 0.717) is 17.5 Å². The van der Waals surface area contributed by atoms with E-state index in [1.165, 1.54) is 0 Å². The number of benzene rings is 1. The number of allylic oxidation sites excluding steroid dienone is 2. The van der Waals surface area contributed by atoms with Crippen molar-refractivity contribution in [2.45, 2.75) is 39.3 Å². The van der Waals surface area contributed by atoms with Crippen LogP contribution >= 0.6 is 0 Å². The Morgan fingerprint density at radius 3 is 2.57 bits per heavy atom. The van der Waals surface area contributed by atoms with Gasteiger partial charge >= 0.3 is 0 Å². The normalized spacial score (nSPS) is 15.8. The van der Waals surface area contributed by atoms with Crippen molar-refractivity contribution in [3.05, 3.63) is 59.4 Å². The third-order valence-electron chi connectivity index (χ3n) is 3.51. The topological polar surface area (TPSA) is 101 Å². The molecule has 0 aliphatic carbocycles. The number of nitrogens with zero attached hydrogens (tertiary/aromatic N) is 2. The Balaban J connectivity index is 2.19. The molecule has 1 unspecified atom stereocenters. The van der Waals surface area contributed by atoms with E-state index < -0.39 is 5.54 Å². The number of hydrogen-bond acceptors (Lipinski definition) is 6. The van der Waals surface area contributed by atoms with Crippen molar-refractivity contribution < 1.29 is 4.42 Å². The minimum Gasteiger partial charge on any atom is -0.421 e. The molecule has 0 aliphatic rings. The van der Waals surface area contributed by atoms with Crippen LogP contribution in [0.25, 0.3) is 0 Å². The van der Waals surface area contributed by atoms with Crippen molar-refractivity contribution in [2.24, 2.45) is 5.73 Å². The van der Waals surface area contributed by atoms with Crippen LogP contribution in [0.15, 0.2) is 46.5 Å². The van der Waals surface area contributed by atoms with E-state index in [0.717, 1.165) is 11.3 Å². The van der Waals surface area contributed by atoms with Gasteiger partial charge in [0.1, 0.15) is 11.6 Å². The molecule has 6 nitrogen and oxygen atoms in total. The van der Waals surface area contributed by atoms with Crippen LogP contribution in [0.1, 0.15) is 51.1 Å². The van der Waals surface area contributed by atoms with Gasteiger partial charge < -0.3 is 20.9 Å². The summed E-state index contributed by atoms with van der Waals surface area (Å²) in [6.07, 6.45) is 1.74. The molecule has 0 spiro atoms. The highest BCUT2D eigenvalue weighted by Crippen LogP contribution is 2.26. The van der Waals surface area contributed by atoms with Gasteiger partial charge in [-0.3, -0.25) is 0 Å². The SMILES string of the molecule is CC(=N)/C=C(/C)NC(C)c1nnc([C@](C)(N)c2ccccc2)o1. The summed E-state index contributed by atoms with van der Waals surface area (Å²) in [6, 6.07) is 9.49. The molecule has 23 heavy (non-hydrogen) atoms. The fourth-order valence-corrected chi connectivity index (χ4v) is 2.30. The molecule has 0 amide bonds. The van der Waals surface area contributed by atoms with E-state index in [2.05, 4.69) is 15.5 Å². The van der Waals surface area contributed by atoms with Gasteiger partial charge in [0.05, 0.1) is 0 Å². The zero-order valence-electron chi connectivity index (χ0n) is 13.9. The van der Waals surface area contributed by atoms with Crippen molar-refractivity contribution >= 4 is 5.71 Å². The molecule has 122 valence electrons. The lowest BCUT2D eigenvalue weighted by Crippen LogP contribution is -2.34. The quantitative estimate of drug-likeness (QED) is 0.712. The maximum Gasteiger partial charge on any atom is 0.240 e. The second kappa shape index (κ2) is 6.75. The van der Waals surface area contributed by atoms with Crippen molar-refractivity contribution in [3.63, 3.8) is 0 Å². The van der Waals surface area contributed by atoms with Gasteiger partial charge in [-0.05, 0) is 39.3 Å². The Bertz CT molecular complexity index is 703. The first-order valence-corrected chi connectivity index (χ1v) is 7.49. The second-order valence-electron chi connectivity index (χ2n) is 5.89. The summed E-state index contributed by atoms with van der Waals surface area (Å²) < 4.78 is 5.78. The number of nitrogens with two attached hydrogens (primary N) is 1. The molecule has 1 heterocycles. The van der Waals surface area contributed by atoms with Gasteiger partial charge in [-0.1, -0.05) is 30.3 Å². The molecule has 0 bridgehead atoms. The van der Waals surface area contributed by atoms with E-state index in [-0.39, 0.29) is 6.04 Å². The first kappa shape index (κ1) is 16.9. The first-order chi connectivity index (χ1) is 10.8. The van der Waals surface area contributed by atoms with E-state index in [9.17, 15) is 0 Å². The molecule has 1 aromatic heterocycles. The van der Waals surface area contributed by atoms with Crippen molar-refractivity contribution in [2.75, 3.05) is 0 Å². The summed E-state index contributed by atoms with van der Waals surface area (Å²) in [6.45, 7) is 7.38. The van der Waals surface area contributed by atoms with Gasteiger partial charge in [0, 0.05) is 11.4 Å². The van der Waals surface area contributed by atoms with Crippen molar-refractivity contribution in [1.82, 2.24) is 15.5 Å². The summed E-state index contributed by atoms with van der Waals surface area (Å²) in [5, 5.41) is 18.9. The average molecular weight is 313 g/mol. The molecular weight excluding hydrogens is 290 g/mol. The molecule has 0 fully saturated rings. The van der Waals surface area contributed by atoms with Crippen LogP contribution in [0.4, 0.5) is 0 Å². The Hall–Kier alpha value is -2.47. The van der Waals surface area contributed by atoms with Crippen LogP contribution in [0, 0.1) is 5.41 Å². The fraction of sp³-hybridized carbons (Fsp3) is 0.353. The highest BCUT2D eigenvalue weighted by Gasteiger charge is 2.30. The standard InChI is InChI=1S/C17H23N5O/c1-11(18)10-12(2)20-13(3)15-21-22-16(23-15)17(4,19)14-8-6-5-7-9-14/h5-10,13,18,20H,19H2,1-4H3/b12-10-,18-11?/t13?,17-/m1/s1. The van der Waals surface area contributed by atoms with Crippen LogP contribution in [0.2, 0.25) is 0 Å². The third-order valence-corrected chi connectivity index (χ3v) is 3.51. The number of rotatable bonds is 6. The van der Waals surface area contributed by atoms with Crippen molar-refractivity contribution in [3.8, 4) is 0 Å². The predicted octanol–water partition coefficient (Wildman–Crippen LogP) is 2.89. The van der Waals surface area contributed by atoms with Crippen molar-refractivity contribution in [1.29, 1.82) is 5.41 Å². The minimum absolute atomic E-state index is 0.168. The number of aromatic nitrogens is 2. The van der Waals surface area contributed by atoms with Gasteiger partial charge in [0.2, 0.25) is 11.8 Å². The fourth-order valence-electron chi connectivity index (χ4n) is 2.30. The van der Waals surface area contributed by atoms with Crippen LogP contribution in [-0.4, -0.2) is 15.9 Å². The Kier molecular flexibility index (Phi) is 4.95. The average Bonchev–Trinajstić information content (AvgIpc) is 2.98. The Labute approximate surface area is 136 Å². The molecular formula is C17H23N5O. The lowest BCUT2D eigenvalue weighted by atomic mass is 9.93. The summed E-state index contributed by atoms with van der Waals surface area (Å²) in [5.74, 6) is 0.834. The van der Waals surface area contributed by atoms with E-state index in [1.54, 1.807) is 13.0 Å². The largest absolute Gasteiger partial charge is 0.421 e. The molecule has 2 atom stereocenters. The molecule has 2 rings (SSSR count). The summed E-state index contributed by atoms with van der Waals surface area (Å²) in [4.78, 5) is 0. The molecule has 0 saturated carbocycles. The second-order valence-corrected chi connectivity index (χ2v) is 5.89. The predicted molar refractivity (Wildman–Crippen MR) is 90.1 cm³/mol. The number of hydrogen-bond donors (Lipinski definition) is 3. The summed E-state index contributed by atoms with van der Waals surface area (Å²) in [5.41, 5.74) is 7.79. The van der Waals surface area contributed by atoms with E-state index >= 15 is 0 Å². The molecule has 0 aliphatic heterocycles. The highest BCUT2D eigenvalue weighted by atomic mass is 16.4. The first-order valence-electron chi connectivity index (χ1n) is 7.49. The molecule has 2 aromatic rings.